The van der Waals surface area contributed by atoms with Crippen LogP contribution in [0.3, 0.4) is 0 Å². The van der Waals surface area contributed by atoms with Crippen LogP contribution in [0.5, 0.6) is 0 Å². The van der Waals surface area contributed by atoms with E-state index in [2.05, 4.69) is 10.3 Å². The molecule has 1 aliphatic rings. The zero-order valence-electron chi connectivity index (χ0n) is 12.0. The van der Waals surface area contributed by atoms with Crippen molar-refractivity contribution in [1.29, 1.82) is 0 Å². The van der Waals surface area contributed by atoms with Gasteiger partial charge in [0.25, 0.3) is 5.91 Å². The third-order valence-corrected chi connectivity index (χ3v) is 4.36. The lowest BCUT2D eigenvalue weighted by atomic mass is 10.1. The van der Waals surface area contributed by atoms with E-state index in [0.717, 1.165) is 28.8 Å². The Morgan fingerprint density at radius 3 is 2.82 bits per heavy atom. The summed E-state index contributed by atoms with van der Waals surface area (Å²) in [6.45, 7) is 0. The first-order valence-corrected chi connectivity index (χ1v) is 8.24. The Labute approximate surface area is 132 Å². The van der Waals surface area contributed by atoms with Crippen LogP contribution in [0.25, 0.3) is 10.9 Å². The molecule has 1 saturated carbocycles. The van der Waals surface area contributed by atoms with Gasteiger partial charge in [-0.2, -0.15) is 0 Å². The molecule has 0 bridgehead atoms. The molecule has 1 aliphatic carbocycles. The zero-order valence-corrected chi connectivity index (χ0v) is 12.9. The van der Waals surface area contributed by atoms with E-state index >= 15 is 0 Å². The number of pyridine rings is 1. The molecule has 1 aromatic heterocycles. The summed E-state index contributed by atoms with van der Waals surface area (Å²) in [7, 11) is 0. The molecule has 0 atom stereocenters. The molecule has 0 spiro atoms. The highest BCUT2D eigenvalue weighted by molar-refractivity contribution is 7.99. The maximum absolute atomic E-state index is 12.4. The molecule has 5 nitrogen and oxygen atoms in total. The maximum Gasteiger partial charge on any atom is 0.252 e. The number of nitrogens with one attached hydrogen (secondary N) is 1. The number of para-hydroxylation sites is 1. The van der Waals surface area contributed by atoms with Gasteiger partial charge in [-0.15, -0.1) is 11.8 Å². The van der Waals surface area contributed by atoms with Gasteiger partial charge >= 0.3 is 0 Å². The number of thioether (sulfide) groups is 1. The topological polar surface area (TPSA) is 85.1 Å². The molecule has 0 radical (unpaired) electrons. The monoisotopic (exact) mass is 315 g/mol. The number of hydrogen-bond acceptors (Lipinski definition) is 4. The highest BCUT2D eigenvalue weighted by atomic mass is 32.2. The normalized spacial score (nSPS) is 14.0. The van der Waals surface area contributed by atoms with Gasteiger partial charge in [-0.1, -0.05) is 18.2 Å². The Hall–Kier alpha value is -2.08. The van der Waals surface area contributed by atoms with E-state index in [4.69, 9.17) is 5.73 Å². The van der Waals surface area contributed by atoms with Crippen LogP contribution < -0.4 is 11.1 Å². The number of primary amides is 1. The van der Waals surface area contributed by atoms with Gasteiger partial charge in [0.2, 0.25) is 5.91 Å². The van der Waals surface area contributed by atoms with Gasteiger partial charge in [0.1, 0.15) is 0 Å². The van der Waals surface area contributed by atoms with Crippen molar-refractivity contribution in [3.05, 3.63) is 35.9 Å². The summed E-state index contributed by atoms with van der Waals surface area (Å²) in [6.07, 6.45) is 2.40. The van der Waals surface area contributed by atoms with Crippen LogP contribution in [0, 0.1) is 0 Å². The van der Waals surface area contributed by atoms with Crippen LogP contribution in [0.15, 0.2) is 35.4 Å². The van der Waals surface area contributed by atoms with Gasteiger partial charge in [0.05, 0.1) is 16.1 Å². The van der Waals surface area contributed by atoms with Crippen molar-refractivity contribution in [2.75, 3.05) is 5.75 Å². The number of hydrogen-bond donors (Lipinski definition) is 2. The predicted molar refractivity (Wildman–Crippen MR) is 86.8 cm³/mol. The second kappa shape index (κ2) is 6.36. The predicted octanol–water partition coefficient (Wildman–Crippen LogP) is 2.09. The minimum absolute atomic E-state index is 0.0575. The second-order valence-corrected chi connectivity index (χ2v) is 6.45. The first-order chi connectivity index (χ1) is 10.6. The molecule has 3 N–H and O–H groups in total. The first-order valence-electron chi connectivity index (χ1n) is 7.25. The number of nitrogens with zero attached hydrogens (tertiary/aromatic N) is 1. The number of nitrogens with two attached hydrogens (primary N) is 1. The van der Waals surface area contributed by atoms with E-state index in [9.17, 15) is 9.59 Å². The Morgan fingerprint density at radius 2 is 2.09 bits per heavy atom. The van der Waals surface area contributed by atoms with Crippen LogP contribution in [0.1, 0.15) is 29.6 Å². The Kier molecular flexibility index (Phi) is 4.29. The molecule has 1 heterocycles. The molecular formula is C16H17N3O2S. The fourth-order valence-electron chi connectivity index (χ4n) is 2.16. The molecule has 2 aromatic rings. The largest absolute Gasteiger partial charge is 0.370 e. The van der Waals surface area contributed by atoms with Crippen LogP contribution in [0.2, 0.25) is 0 Å². The summed E-state index contributed by atoms with van der Waals surface area (Å²) >= 11 is 1.44. The van der Waals surface area contributed by atoms with E-state index < -0.39 is 0 Å². The molecule has 114 valence electrons. The highest BCUT2D eigenvalue weighted by Crippen LogP contribution is 2.26. The number of aromatic nitrogens is 1. The molecule has 1 aromatic carbocycles. The van der Waals surface area contributed by atoms with Crippen molar-refractivity contribution in [2.45, 2.75) is 30.3 Å². The Morgan fingerprint density at radius 1 is 1.32 bits per heavy atom. The fourth-order valence-corrected chi connectivity index (χ4v) is 3.04. The number of benzene rings is 1. The Balaban J connectivity index is 1.89. The number of fused-ring (bicyclic) bond motifs is 1. The lowest BCUT2D eigenvalue weighted by molar-refractivity contribution is -0.117. The maximum atomic E-state index is 12.4. The van der Waals surface area contributed by atoms with Crippen molar-refractivity contribution in [2.24, 2.45) is 5.73 Å². The zero-order chi connectivity index (χ0) is 15.5. The highest BCUT2D eigenvalue weighted by Gasteiger charge is 2.25. The second-order valence-electron chi connectivity index (χ2n) is 5.34. The minimum atomic E-state index is -0.333. The fraction of sp³-hybridized carbons (Fsp3) is 0.312. The standard InChI is InChI=1S/C16H17N3O2S/c17-14(20)7-8-22-15-9-12(16(21)18-10-5-6-10)11-3-1-2-4-13(11)19-15/h1-4,9-10H,5-8H2,(H2,17,20)(H,18,21). The van der Waals surface area contributed by atoms with Crippen molar-refractivity contribution in [3.8, 4) is 0 Å². The number of rotatable bonds is 6. The number of amides is 2. The van der Waals surface area contributed by atoms with E-state index in [1.807, 2.05) is 24.3 Å². The smallest absolute Gasteiger partial charge is 0.252 e. The van der Waals surface area contributed by atoms with Gasteiger partial charge in [-0.3, -0.25) is 9.59 Å². The number of carbonyl (C=O) groups excluding carboxylic acids is 2. The molecule has 0 saturated heterocycles. The Bertz CT molecular complexity index is 728. The van der Waals surface area contributed by atoms with Gasteiger partial charge < -0.3 is 11.1 Å². The molecular weight excluding hydrogens is 298 g/mol. The van der Waals surface area contributed by atoms with Gasteiger partial charge in [-0.25, -0.2) is 4.98 Å². The van der Waals surface area contributed by atoms with E-state index in [1.165, 1.54) is 11.8 Å². The summed E-state index contributed by atoms with van der Waals surface area (Å²) in [5, 5.41) is 4.60. The van der Waals surface area contributed by atoms with E-state index in [1.54, 1.807) is 6.07 Å². The molecule has 3 rings (SSSR count). The summed E-state index contributed by atoms with van der Waals surface area (Å²) in [4.78, 5) is 27.8. The minimum Gasteiger partial charge on any atom is -0.370 e. The average molecular weight is 315 g/mol. The third-order valence-electron chi connectivity index (χ3n) is 3.45. The van der Waals surface area contributed by atoms with Gasteiger partial charge in [-0.05, 0) is 25.0 Å². The van der Waals surface area contributed by atoms with Crippen LogP contribution >= 0.6 is 11.8 Å². The molecule has 6 heteroatoms. The van der Waals surface area contributed by atoms with Crippen molar-refractivity contribution < 1.29 is 9.59 Å². The van der Waals surface area contributed by atoms with Gasteiger partial charge in [0.15, 0.2) is 0 Å². The van der Waals surface area contributed by atoms with Gasteiger partial charge in [0, 0.05) is 23.6 Å². The van der Waals surface area contributed by atoms with Crippen LogP contribution in [0.4, 0.5) is 0 Å². The molecule has 0 aliphatic heterocycles. The summed E-state index contributed by atoms with van der Waals surface area (Å²) in [5.74, 6) is 0.169. The summed E-state index contributed by atoms with van der Waals surface area (Å²) in [5.41, 5.74) is 6.57. The number of carbonyl (C=O) groups is 2. The first kappa shape index (κ1) is 14.8. The third kappa shape index (κ3) is 3.57. The SMILES string of the molecule is NC(=O)CCSc1cc(C(=O)NC2CC2)c2ccccc2n1. The molecule has 22 heavy (non-hydrogen) atoms. The van der Waals surface area contributed by atoms with Crippen LogP contribution in [-0.4, -0.2) is 28.6 Å². The quantitative estimate of drug-likeness (QED) is 0.799. The van der Waals surface area contributed by atoms with Crippen molar-refractivity contribution in [1.82, 2.24) is 10.3 Å². The van der Waals surface area contributed by atoms with Crippen LogP contribution in [-0.2, 0) is 4.79 Å². The average Bonchev–Trinajstić information content (AvgIpc) is 3.30. The summed E-state index contributed by atoms with van der Waals surface area (Å²) in [6, 6.07) is 9.70. The molecule has 0 unspecified atom stereocenters. The molecule has 2 amide bonds. The van der Waals surface area contributed by atoms with E-state index in [0.29, 0.717) is 23.8 Å². The lowest BCUT2D eigenvalue weighted by Crippen LogP contribution is -2.25. The molecule has 1 fully saturated rings. The van der Waals surface area contributed by atoms with E-state index in [-0.39, 0.29) is 11.8 Å². The van der Waals surface area contributed by atoms with Crippen molar-refractivity contribution >= 4 is 34.5 Å². The summed E-state index contributed by atoms with van der Waals surface area (Å²) < 4.78 is 0. The van der Waals surface area contributed by atoms with Crippen molar-refractivity contribution in [3.63, 3.8) is 0 Å². The lowest BCUT2D eigenvalue weighted by Gasteiger charge is -2.09.